The van der Waals surface area contributed by atoms with Gasteiger partial charge in [0, 0.05) is 19.1 Å². The van der Waals surface area contributed by atoms with Crippen LogP contribution in [-0.2, 0) is 6.54 Å². The van der Waals surface area contributed by atoms with Crippen molar-refractivity contribution in [1.29, 1.82) is 0 Å². The Morgan fingerprint density at radius 2 is 1.65 bits per heavy atom. The molecule has 1 atom stereocenters. The zero-order chi connectivity index (χ0) is 14.5. The van der Waals surface area contributed by atoms with Crippen LogP contribution in [0.4, 0.5) is 0 Å². The molecule has 2 nitrogen and oxygen atoms in total. The van der Waals surface area contributed by atoms with Crippen LogP contribution < -0.4 is 5.32 Å². The van der Waals surface area contributed by atoms with Crippen molar-refractivity contribution >= 4 is 0 Å². The zero-order valence-corrected chi connectivity index (χ0v) is 13.6. The van der Waals surface area contributed by atoms with Gasteiger partial charge in [-0.3, -0.25) is 4.90 Å². The third kappa shape index (κ3) is 4.07. The van der Waals surface area contributed by atoms with E-state index in [1.807, 2.05) is 0 Å². The first-order chi connectivity index (χ1) is 9.58. The quantitative estimate of drug-likeness (QED) is 0.883. The van der Waals surface area contributed by atoms with Gasteiger partial charge in [0.25, 0.3) is 0 Å². The average Bonchev–Trinajstić information content (AvgIpc) is 2.45. The third-order valence-electron chi connectivity index (χ3n) is 4.72. The van der Waals surface area contributed by atoms with Gasteiger partial charge < -0.3 is 5.32 Å². The third-order valence-corrected chi connectivity index (χ3v) is 4.72. The molecule has 0 aromatic heterocycles. The van der Waals surface area contributed by atoms with Gasteiger partial charge in [-0.15, -0.1) is 0 Å². The summed E-state index contributed by atoms with van der Waals surface area (Å²) in [6.07, 6.45) is 4.17. The van der Waals surface area contributed by atoms with E-state index in [1.165, 1.54) is 54.6 Å². The molecule has 0 amide bonds. The van der Waals surface area contributed by atoms with E-state index in [0.717, 1.165) is 13.1 Å². The molecule has 1 fully saturated rings. The lowest BCUT2D eigenvalue weighted by Crippen LogP contribution is -2.43. The molecule has 1 N–H and O–H groups in total. The highest BCUT2D eigenvalue weighted by atomic mass is 15.2. The fourth-order valence-electron chi connectivity index (χ4n) is 3.11. The summed E-state index contributed by atoms with van der Waals surface area (Å²) < 4.78 is 0. The van der Waals surface area contributed by atoms with Crippen molar-refractivity contribution in [3.63, 3.8) is 0 Å². The molecule has 20 heavy (non-hydrogen) atoms. The highest BCUT2D eigenvalue weighted by Gasteiger charge is 2.16. The van der Waals surface area contributed by atoms with Gasteiger partial charge >= 0.3 is 0 Å². The molecule has 1 aliphatic heterocycles. The smallest absolute Gasteiger partial charge is 0.0208 e. The fourth-order valence-corrected chi connectivity index (χ4v) is 3.11. The monoisotopic (exact) mass is 274 g/mol. The molecule has 1 aromatic carbocycles. The number of nitrogens with zero attached hydrogens (tertiary/aromatic N) is 1. The molecule has 112 valence electrons. The van der Waals surface area contributed by atoms with Crippen LogP contribution in [0.25, 0.3) is 0 Å². The van der Waals surface area contributed by atoms with E-state index in [9.17, 15) is 0 Å². The van der Waals surface area contributed by atoms with E-state index in [2.05, 4.69) is 50.0 Å². The van der Waals surface area contributed by atoms with E-state index in [-0.39, 0.29) is 0 Å². The van der Waals surface area contributed by atoms with Gasteiger partial charge in [0.1, 0.15) is 0 Å². The first-order valence-electron chi connectivity index (χ1n) is 8.09. The van der Waals surface area contributed by atoms with Gasteiger partial charge in [0.2, 0.25) is 0 Å². The second-order valence-corrected chi connectivity index (χ2v) is 6.44. The van der Waals surface area contributed by atoms with Crippen molar-refractivity contribution in [2.45, 2.75) is 59.5 Å². The molecular weight excluding hydrogens is 244 g/mol. The Kier molecular flexibility index (Phi) is 5.62. The molecule has 1 aromatic rings. The van der Waals surface area contributed by atoms with E-state index < -0.39 is 0 Å². The largest absolute Gasteiger partial charge is 0.311 e. The van der Waals surface area contributed by atoms with Crippen LogP contribution in [-0.4, -0.2) is 30.6 Å². The van der Waals surface area contributed by atoms with Crippen molar-refractivity contribution in [3.8, 4) is 0 Å². The lowest BCUT2D eigenvalue weighted by Gasteiger charge is -2.32. The summed E-state index contributed by atoms with van der Waals surface area (Å²) >= 11 is 0. The van der Waals surface area contributed by atoms with Crippen molar-refractivity contribution in [3.05, 3.63) is 34.4 Å². The average molecular weight is 274 g/mol. The van der Waals surface area contributed by atoms with Crippen molar-refractivity contribution in [2.75, 3.05) is 19.6 Å². The molecule has 1 aliphatic rings. The summed E-state index contributed by atoms with van der Waals surface area (Å²) in [5.41, 5.74) is 5.65. The lowest BCUT2D eigenvalue weighted by molar-refractivity contribution is 0.170. The molecule has 1 heterocycles. The van der Waals surface area contributed by atoms with Gasteiger partial charge in [-0.2, -0.15) is 0 Å². The molecule has 1 saturated heterocycles. The Balaban J connectivity index is 1.82. The van der Waals surface area contributed by atoms with Crippen molar-refractivity contribution in [2.24, 2.45) is 0 Å². The molecule has 0 bridgehead atoms. The van der Waals surface area contributed by atoms with E-state index in [0.29, 0.717) is 6.04 Å². The normalized spacial score (nSPS) is 18.2. The van der Waals surface area contributed by atoms with Crippen LogP contribution >= 0.6 is 0 Å². The summed E-state index contributed by atoms with van der Waals surface area (Å²) in [6, 6.07) is 5.30. The fraction of sp³-hybridized carbons (Fsp3) is 0.667. The standard InChI is InChI=1S/C18H30N2/c1-14-10-16(3)18(11-15(14)2)13-19-12-17(4)20-8-6-5-7-9-20/h10-11,17,19H,5-9,12-13H2,1-4H3. The minimum atomic E-state index is 0.655. The topological polar surface area (TPSA) is 15.3 Å². The number of hydrogen-bond donors (Lipinski definition) is 1. The van der Waals surface area contributed by atoms with Crippen LogP contribution in [0, 0.1) is 20.8 Å². The summed E-state index contributed by atoms with van der Waals surface area (Å²) in [4.78, 5) is 2.63. The first-order valence-corrected chi connectivity index (χ1v) is 8.09. The Hall–Kier alpha value is -0.860. The molecular formula is C18H30N2. The highest BCUT2D eigenvalue weighted by Crippen LogP contribution is 2.15. The SMILES string of the molecule is Cc1cc(C)c(CNCC(C)N2CCCCC2)cc1C. The number of rotatable bonds is 5. The molecule has 0 radical (unpaired) electrons. The summed E-state index contributed by atoms with van der Waals surface area (Å²) in [5, 5.41) is 3.64. The van der Waals surface area contributed by atoms with E-state index in [4.69, 9.17) is 0 Å². The number of nitrogens with one attached hydrogen (secondary N) is 1. The summed E-state index contributed by atoms with van der Waals surface area (Å²) in [7, 11) is 0. The second-order valence-electron chi connectivity index (χ2n) is 6.44. The van der Waals surface area contributed by atoms with Crippen LogP contribution in [0.1, 0.15) is 48.4 Å². The van der Waals surface area contributed by atoms with E-state index in [1.54, 1.807) is 0 Å². The lowest BCUT2D eigenvalue weighted by atomic mass is 10.0. The van der Waals surface area contributed by atoms with Crippen molar-refractivity contribution < 1.29 is 0 Å². The maximum atomic E-state index is 3.64. The first kappa shape index (κ1) is 15.5. The number of aryl methyl sites for hydroxylation is 3. The summed E-state index contributed by atoms with van der Waals surface area (Å²) in [6.45, 7) is 13.6. The van der Waals surface area contributed by atoms with Crippen LogP contribution in [0.2, 0.25) is 0 Å². The molecule has 0 aliphatic carbocycles. The highest BCUT2D eigenvalue weighted by molar-refractivity contribution is 5.36. The van der Waals surface area contributed by atoms with Gasteiger partial charge in [-0.25, -0.2) is 0 Å². The Bertz CT molecular complexity index is 433. The van der Waals surface area contributed by atoms with Gasteiger partial charge in [-0.1, -0.05) is 18.6 Å². The molecule has 2 rings (SSSR count). The maximum absolute atomic E-state index is 3.64. The van der Waals surface area contributed by atoms with Gasteiger partial charge in [0.15, 0.2) is 0 Å². The molecule has 0 saturated carbocycles. The number of likely N-dealkylation sites (tertiary alicyclic amines) is 1. The second kappa shape index (κ2) is 7.24. The predicted molar refractivity (Wildman–Crippen MR) is 87.2 cm³/mol. The molecule has 2 heteroatoms. The number of benzene rings is 1. The van der Waals surface area contributed by atoms with Gasteiger partial charge in [-0.05, 0) is 75.9 Å². The van der Waals surface area contributed by atoms with Gasteiger partial charge in [0.05, 0.1) is 0 Å². The van der Waals surface area contributed by atoms with Crippen molar-refractivity contribution in [1.82, 2.24) is 10.2 Å². The zero-order valence-electron chi connectivity index (χ0n) is 13.6. The minimum absolute atomic E-state index is 0.655. The number of piperidine rings is 1. The van der Waals surface area contributed by atoms with E-state index >= 15 is 0 Å². The Morgan fingerprint density at radius 3 is 2.35 bits per heavy atom. The molecule has 0 spiro atoms. The number of hydrogen-bond acceptors (Lipinski definition) is 2. The Labute approximate surface area is 124 Å². The van der Waals surface area contributed by atoms with Crippen LogP contribution in [0.15, 0.2) is 12.1 Å². The minimum Gasteiger partial charge on any atom is -0.311 e. The predicted octanol–water partition coefficient (Wildman–Crippen LogP) is 3.58. The van der Waals surface area contributed by atoms with Crippen LogP contribution in [0.3, 0.4) is 0 Å². The molecule has 1 unspecified atom stereocenters. The van der Waals surface area contributed by atoms with Crippen LogP contribution in [0.5, 0.6) is 0 Å². The maximum Gasteiger partial charge on any atom is 0.0208 e. The Morgan fingerprint density at radius 1 is 1.00 bits per heavy atom. The summed E-state index contributed by atoms with van der Waals surface area (Å²) in [5.74, 6) is 0.